The standard InChI is InChI=1S/C15H23NOS/c1-12(11-18-2)9-16-10-13-7-8-17-15-6-4-3-5-14(13)15/h3-6,12-13,16H,7-11H2,1-2H3. The molecule has 1 aliphatic rings. The van der Waals surface area contributed by atoms with Crippen molar-refractivity contribution >= 4 is 11.8 Å². The van der Waals surface area contributed by atoms with E-state index >= 15 is 0 Å². The summed E-state index contributed by atoms with van der Waals surface area (Å²) >= 11 is 1.92. The maximum Gasteiger partial charge on any atom is 0.122 e. The fraction of sp³-hybridized carbons (Fsp3) is 0.600. The molecule has 3 heteroatoms. The van der Waals surface area contributed by atoms with Crippen molar-refractivity contribution in [1.82, 2.24) is 5.32 Å². The van der Waals surface area contributed by atoms with Crippen molar-refractivity contribution in [2.75, 3.05) is 31.7 Å². The summed E-state index contributed by atoms with van der Waals surface area (Å²) in [5.74, 6) is 3.66. The average molecular weight is 265 g/mol. The number of hydrogen-bond acceptors (Lipinski definition) is 3. The summed E-state index contributed by atoms with van der Waals surface area (Å²) < 4.78 is 5.69. The van der Waals surface area contributed by atoms with Crippen LogP contribution >= 0.6 is 11.8 Å². The van der Waals surface area contributed by atoms with E-state index in [0.717, 1.165) is 37.8 Å². The second kappa shape index (κ2) is 7.05. The van der Waals surface area contributed by atoms with Gasteiger partial charge >= 0.3 is 0 Å². The molecule has 1 N–H and O–H groups in total. The van der Waals surface area contributed by atoms with Crippen molar-refractivity contribution in [3.63, 3.8) is 0 Å². The summed E-state index contributed by atoms with van der Waals surface area (Å²) in [6.07, 6.45) is 3.30. The van der Waals surface area contributed by atoms with Crippen molar-refractivity contribution in [2.45, 2.75) is 19.3 Å². The van der Waals surface area contributed by atoms with Crippen molar-refractivity contribution in [1.29, 1.82) is 0 Å². The van der Waals surface area contributed by atoms with E-state index in [-0.39, 0.29) is 0 Å². The first kappa shape index (κ1) is 13.8. The fourth-order valence-electron chi connectivity index (χ4n) is 2.48. The van der Waals surface area contributed by atoms with Crippen LogP contribution in [0, 0.1) is 5.92 Å². The quantitative estimate of drug-likeness (QED) is 0.854. The van der Waals surface area contributed by atoms with Crippen LogP contribution in [0.15, 0.2) is 24.3 Å². The Labute approximate surface area is 114 Å². The molecule has 0 saturated carbocycles. The van der Waals surface area contributed by atoms with Crippen LogP contribution in [-0.2, 0) is 0 Å². The van der Waals surface area contributed by atoms with Crippen molar-refractivity contribution in [3.8, 4) is 5.75 Å². The molecule has 2 atom stereocenters. The lowest BCUT2D eigenvalue weighted by Crippen LogP contribution is -2.29. The first-order chi connectivity index (χ1) is 8.81. The minimum atomic E-state index is 0.608. The lowest BCUT2D eigenvalue weighted by atomic mass is 9.93. The maximum atomic E-state index is 5.69. The Morgan fingerprint density at radius 1 is 1.44 bits per heavy atom. The molecule has 2 unspecified atom stereocenters. The monoisotopic (exact) mass is 265 g/mol. The second-order valence-electron chi connectivity index (χ2n) is 5.09. The number of para-hydroxylation sites is 1. The first-order valence-electron chi connectivity index (χ1n) is 6.72. The van der Waals surface area contributed by atoms with E-state index < -0.39 is 0 Å². The molecule has 18 heavy (non-hydrogen) atoms. The third-order valence-electron chi connectivity index (χ3n) is 3.42. The highest BCUT2D eigenvalue weighted by molar-refractivity contribution is 7.98. The van der Waals surface area contributed by atoms with Gasteiger partial charge in [-0.05, 0) is 42.5 Å². The van der Waals surface area contributed by atoms with Crippen LogP contribution < -0.4 is 10.1 Å². The number of fused-ring (bicyclic) bond motifs is 1. The summed E-state index contributed by atoms with van der Waals surface area (Å²) in [6, 6.07) is 8.44. The number of rotatable bonds is 6. The van der Waals surface area contributed by atoms with Gasteiger partial charge < -0.3 is 10.1 Å². The van der Waals surface area contributed by atoms with Crippen LogP contribution in [0.4, 0.5) is 0 Å². The van der Waals surface area contributed by atoms with Gasteiger partial charge in [-0.15, -0.1) is 0 Å². The lowest BCUT2D eigenvalue weighted by molar-refractivity contribution is 0.264. The van der Waals surface area contributed by atoms with Crippen molar-refractivity contribution in [2.24, 2.45) is 5.92 Å². The van der Waals surface area contributed by atoms with Gasteiger partial charge in [-0.1, -0.05) is 25.1 Å². The molecule has 1 aliphatic heterocycles. The SMILES string of the molecule is CSCC(C)CNCC1CCOc2ccccc21. The van der Waals surface area contributed by atoms with Crippen molar-refractivity contribution < 1.29 is 4.74 Å². The molecule has 0 bridgehead atoms. The molecular weight excluding hydrogens is 242 g/mol. The van der Waals surface area contributed by atoms with Crippen LogP contribution in [0.25, 0.3) is 0 Å². The summed E-state index contributed by atoms with van der Waals surface area (Å²) in [7, 11) is 0. The van der Waals surface area contributed by atoms with Gasteiger partial charge in [0, 0.05) is 12.5 Å². The molecule has 0 spiro atoms. The molecular formula is C15H23NOS. The lowest BCUT2D eigenvalue weighted by Gasteiger charge is -2.26. The zero-order chi connectivity index (χ0) is 12.8. The second-order valence-corrected chi connectivity index (χ2v) is 6.00. The largest absolute Gasteiger partial charge is 0.493 e. The Morgan fingerprint density at radius 3 is 3.11 bits per heavy atom. The number of nitrogens with one attached hydrogen (secondary N) is 1. The highest BCUT2D eigenvalue weighted by Crippen LogP contribution is 2.32. The van der Waals surface area contributed by atoms with E-state index in [9.17, 15) is 0 Å². The molecule has 1 heterocycles. The van der Waals surface area contributed by atoms with Gasteiger partial charge in [0.2, 0.25) is 0 Å². The van der Waals surface area contributed by atoms with E-state index in [0.29, 0.717) is 5.92 Å². The van der Waals surface area contributed by atoms with E-state index in [1.165, 1.54) is 11.3 Å². The smallest absolute Gasteiger partial charge is 0.122 e. The Balaban J connectivity index is 1.84. The maximum absolute atomic E-state index is 5.69. The summed E-state index contributed by atoms with van der Waals surface area (Å²) in [5.41, 5.74) is 1.37. The van der Waals surface area contributed by atoms with E-state index in [4.69, 9.17) is 4.74 Å². The fourth-order valence-corrected chi connectivity index (χ4v) is 3.16. The third-order valence-corrected chi connectivity index (χ3v) is 4.32. The topological polar surface area (TPSA) is 21.3 Å². The van der Waals surface area contributed by atoms with E-state index in [1.807, 2.05) is 11.8 Å². The molecule has 2 rings (SSSR count). The van der Waals surface area contributed by atoms with Crippen LogP contribution in [0.2, 0.25) is 0 Å². The highest BCUT2D eigenvalue weighted by Gasteiger charge is 2.20. The minimum absolute atomic E-state index is 0.608. The Morgan fingerprint density at radius 2 is 2.28 bits per heavy atom. The van der Waals surface area contributed by atoms with Gasteiger partial charge in [-0.25, -0.2) is 0 Å². The summed E-state index contributed by atoms with van der Waals surface area (Å²) in [5, 5.41) is 3.61. The zero-order valence-electron chi connectivity index (χ0n) is 11.3. The summed E-state index contributed by atoms with van der Waals surface area (Å²) in [6.45, 7) is 5.34. The molecule has 0 saturated heterocycles. The highest BCUT2D eigenvalue weighted by atomic mass is 32.2. The predicted molar refractivity (Wildman–Crippen MR) is 79.7 cm³/mol. The number of hydrogen-bond donors (Lipinski definition) is 1. The Hall–Kier alpha value is -0.670. The predicted octanol–water partition coefficient (Wildman–Crippen LogP) is 3.14. The number of thioether (sulfide) groups is 1. The van der Waals surface area contributed by atoms with Gasteiger partial charge in [0.05, 0.1) is 6.61 Å². The molecule has 0 radical (unpaired) electrons. The van der Waals surface area contributed by atoms with Crippen LogP contribution in [0.3, 0.4) is 0 Å². The van der Waals surface area contributed by atoms with Gasteiger partial charge in [0.15, 0.2) is 0 Å². The third kappa shape index (κ3) is 3.66. The molecule has 100 valence electrons. The van der Waals surface area contributed by atoms with Crippen LogP contribution in [-0.4, -0.2) is 31.7 Å². The Kier molecular flexibility index (Phi) is 5.39. The Bertz CT molecular complexity index is 369. The minimum Gasteiger partial charge on any atom is -0.493 e. The average Bonchev–Trinajstić information content (AvgIpc) is 2.39. The molecule has 2 nitrogen and oxygen atoms in total. The molecule has 1 aromatic carbocycles. The molecule has 1 aromatic rings. The van der Waals surface area contributed by atoms with Crippen molar-refractivity contribution in [3.05, 3.63) is 29.8 Å². The van der Waals surface area contributed by atoms with Crippen LogP contribution in [0.1, 0.15) is 24.8 Å². The number of benzene rings is 1. The molecule has 0 fully saturated rings. The molecule has 0 amide bonds. The van der Waals surface area contributed by atoms with Gasteiger partial charge in [0.1, 0.15) is 5.75 Å². The van der Waals surface area contributed by atoms with E-state index in [1.54, 1.807) is 0 Å². The molecule has 0 aliphatic carbocycles. The van der Waals surface area contributed by atoms with Gasteiger partial charge in [-0.2, -0.15) is 11.8 Å². The zero-order valence-corrected chi connectivity index (χ0v) is 12.1. The first-order valence-corrected chi connectivity index (χ1v) is 8.12. The van der Waals surface area contributed by atoms with Gasteiger partial charge in [-0.3, -0.25) is 0 Å². The normalized spacial score (nSPS) is 20.0. The number of ether oxygens (including phenoxy) is 1. The summed E-state index contributed by atoms with van der Waals surface area (Å²) in [4.78, 5) is 0. The van der Waals surface area contributed by atoms with Crippen LogP contribution in [0.5, 0.6) is 5.75 Å². The molecule has 0 aromatic heterocycles. The van der Waals surface area contributed by atoms with Gasteiger partial charge in [0.25, 0.3) is 0 Å². The van der Waals surface area contributed by atoms with E-state index in [2.05, 4.69) is 42.8 Å².